The average Bonchev–Trinajstić information content (AvgIpc) is 2.82. The van der Waals surface area contributed by atoms with Crippen LogP contribution in [0.15, 0.2) is 21.9 Å². The molecule has 2 amide bonds. The van der Waals surface area contributed by atoms with Crippen LogP contribution in [0.5, 0.6) is 0 Å². The second kappa shape index (κ2) is 5.09. The molecule has 1 aromatic rings. The van der Waals surface area contributed by atoms with Crippen LogP contribution in [0.1, 0.15) is 18.4 Å². The molecule has 0 fully saturated rings. The Hall–Kier alpha value is -1.69. The van der Waals surface area contributed by atoms with Crippen molar-refractivity contribution in [2.24, 2.45) is 5.10 Å². The third-order valence-corrected chi connectivity index (χ3v) is 3.23. The van der Waals surface area contributed by atoms with E-state index in [2.05, 4.69) is 10.5 Å². The molecule has 0 aromatic carbocycles. The third-order valence-electron chi connectivity index (χ3n) is 2.50. The van der Waals surface area contributed by atoms with Crippen LogP contribution < -0.4 is 5.43 Å². The maximum Gasteiger partial charge on any atom is 0.270 e. The molecule has 0 aliphatic carbocycles. The first-order chi connectivity index (χ1) is 8.16. The predicted octanol–water partition coefficient (Wildman–Crippen LogP) is 0.973. The lowest BCUT2D eigenvalue weighted by atomic mass is 10.1. The molecule has 1 aliphatic heterocycles. The molecular weight excluding hydrogens is 238 g/mol. The van der Waals surface area contributed by atoms with Crippen molar-refractivity contribution in [3.63, 3.8) is 0 Å². The minimum absolute atomic E-state index is 0.129. The minimum atomic E-state index is -0.137. The quantitative estimate of drug-likeness (QED) is 0.870. The highest BCUT2D eigenvalue weighted by molar-refractivity contribution is 7.07. The molecule has 90 valence electrons. The molecule has 0 spiro atoms. The highest BCUT2D eigenvalue weighted by Gasteiger charge is 2.21. The topological polar surface area (TPSA) is 61.8 Å². The Bertz CT molecular complexity index is 453. The molecule has 0 saturated heterocycles. The Morgan fingerprint density at radius 3 is 3.00 bits per heavy atom. The van der Waals surface area contributed by atoms with Gasteiger partial charge in [-0.1, -0.05) is 0 Å². The third kappa shape index (κ3) is 2.91. The molecule has 1 aliphatic rings. The molecule has 2 rings (SSSR count). The summed E-state index contributed by atoms with van der Waals surface area (Å²) in [5.74, 6) is -0.266. The van der Waals surface area contributed by atoms with E-state index in [4.69, 9.17) is 0 Å². The van der Waals surface area contributed by atoms with Gasteiger partial charge in [-0.25, -0.2) is 5.43 Å². The summed E-state index contributed by atoms with van der Waals surface area (Å²) in [4.78, 5) is 24.5. The summed E-state index contributed by atoms with van der Waals surface area (Å²) in [7, 11) is 1.74. The van der Waals surface area contributed by atoms with Crippen molar-refractivity contribution in [3.05, 3.63) is 22.4 Å². The van der Waals surface area contributed by atoms with E-state index in [1.54, 1.807) is 23.3 Å². The normalized spacial score (nSPS) is 15.1. The fourth-order valence-corrected chi connectivity index (χ4v) is 2.24. The lowest BCUT2D eigenvalue weighted by Crippen LogP contribution is -2.37. The summed E-state index contributed by atoms with van der Waals surface area (Å²) in [5, 5.41) is 7.78. The summed E-state index contributed by atoms with van der Waals surface area (Å²) in [6, 6.07) is 1.99. The molecular formula is C11H13N3O2S. The molecule has 0 saturated carbocycles. The first-order valence-corrected chi connectivity index (χ1v) is 6.23. The van der Waals surface area contributed by atoms with Crippen molar-refractivity contribution in [2.45, 2.75) is 19.4 Å². The summed E-state index contributed by atoms with van der Waals surface area (Å²) < 4.78 is 0. The van der Waals surface area contributed by atoms with Crippen LogP contribution in [0.4, 0.5) is 0 Å². The van der Waals surface area contributed by atoms with Crippen molar-refractivity contribution in [2.75, 3.05) is 7.05 Å². The Labute approximate surface area is 103 Å². The second-order valence-electron chi connectivity index (χ2n) is 3.89. The van der Waals surface area contributed by atoms with Crippen LogP contribution in [0.2, 0.25) is 0 Å². The van der Waals surface area contributed by atoms with E-state index in [0.717, 1.165) is 5.56 Å². The fourth-order valence-electron chi connectivity index (χ4n) is 1.58. The van der Waals surface area contributed by atoms with Gasteiger partial charge in [0.05, 0.1) is 0 Å². The van der Waals surface area contributed by atoms with Gasteiger partial charge in [0, 0.05) is 26.4 Å². The largest absolute Gasteiger partial charge is 0.336 e. The molecule has 17 heavy (non-hydrogen) atoms. The van der Waals surface area contributed by atoms with Gasteiger partial charge in [-0.15, -0.1) is 0 Å². The molecule has 2 heterocycles. The average molecular weight is 251 g/mol. The van der Waals surface area contributed by atoms with Crippen molar-refractivity contribution in [3.8, 4) is 0 Å². The van der Waals surface area contributed by atoms with E-state index in [1.807, 2.05) is 16.8 Å². The Balaban J connectivity index is 1.97. The number of nitrogens with zero attached hydrogens (tertiary/aromatic N) is 2. The highest BCUT2D eigenvalue weighted by Crippen LogP contribution is 2.10. The van der Waals surface area contributed by atoms with Gasteiger partial charge in [0.15, 0.2) is 0 Å². The van der Waals surface area contributed by atoms with Crippen LogP contribution in [-0.2, 0) is 16.1 Å². The van der Waals surface area contributed by atoms with Crippen LogP contribution in [-0.4, -0.2) is 29.5 Å². The minimum Gasteiger partial charge on any atom is -0.336 e. The van der Waals surface area contributed by atoms with Crippen molar-refractivity contribution < 1.29 is 9.59 Å². The van der Waals surface area contributed by atoms with Crippen LogP contribution in [0.25, 0.3) is 0 Å². The van der Waals surface area contributed by atoms with E-state index < -0.39 is 0 Å². The molecule has 5 nitrogen and oxygen atoms in total. The van der Waals surface area contributed by atoms with Crippen molar-refractivity contribution in [1.82, 2.24) is 10.3 Å². The van der Waals surface area contributed by atoms with Crippen molar-refractivity contribution >= 4 is 28.9 Å². The van der Waals surface area contributed by atoms with E-state index >= 15 is 0 Å². The van der Waals surface area contributed by atoms with E-state index in [0.29, 0.717) is 25.1 Å². The van der Waals surface area contributed by atoms with Gasteiger partial charge in [-0.05, 0) is 22.4 Å². The molecule has 1 aromatic heterocycles. The summed E-state index contributed by atoms with van der Waals surface area (Å²) >= 11 is 1.60. The van der Waals surface area contributed by atoms with Gasteiger partial charge in [0.2, 0.25) is 5.91 Å². The number of nitrogens with one attached hydrogen (secondary N) is 1. The SMILES string of the molecule is CN(Cc1ccsc1)C(=O)C1=NNC(=O)CC1. The maximum atomic E-state index is 12.0. The van der Waals surface area contributed by atoms with Crippen LogP contribution in [0.3, 0.4) is 0 Å². The zero-order chi connectivity index (χ0) is 12.3. The first-order valence-electron chi connectivity index (χ1n) is 5.29. The monoisotopic (exact) mass is 251 g/mol. The first kappa shape index (κ1) is 11.8. The number of carbonyl (C=O) groups excluding carboxylic acids is 2. The number of carbonyl (C=O) groups is 2. The molecule has 0 unspecified atom stereocenters. The van der Waals surface area contributed by atoms with E-state index in [-0.39, 0.29) is 11.8 Å². The van der Waals surface area contributed by atoms with Gasteiger partial charge < -0.3 is 4.90 Å². The molecule has 1 N–H and O–H groups in total. The Kier molecular flexibility index (Phi) is 3.53. The molecule has 0 radical (unpaired) electrons. The second-order valence-corrected chi connectivity index (χ2v) is 4.67. The summed E-state index contributed by atoms with van der Waals surface area (Å²) in [6.45, 7) is 0.565. The number of hydrogen-bond acceptors (Lipinski definition) is 4. The van der Waals surface area contributed by atoms with Gasteiger partial charge >= 0.3 is 0 Å². The van der Waals surface area contributed by atoms with Gasteiger partial charge in [-0.2, -0.15) is 16.4 Å². The highest BCUT2D eigenvalue weighted by atomic mass is 32.1. The molecule has 0 bridgehead atoms. The lowest BCUT2D eigenvalue weighted by molar-refractivity contribution is -0.124. The Morgan fingerprint density at radius 1 is 1.59 bits per heavy atom. The standard InChI is InChI=1S/C11H13N3O2S/c1-14(6-8-4-5-17-7-8)11(16)9-2-3-10(15)13-12-9/h4-5,7H,2-3,6H2,1H3,(H,13,15). The van der Waals surface area contributed by atoms with Crippen LogP contribution >= 0.6 is 11.3 Å². The number of amides is 2. The smallest absolute Gasteiger partial charge is 0.270 e. The lowest BCUT2D eigenvalue weighted by Gasteiger charge is -2.19. The van der Waals surface area contributed by atoms with E-state index in [1.165, 1.54) is 0 Å². The zero-order valence-electron chi connectivity index (χ0n) is 9.47. The Morgan fingerprint density at radius 2 is 2.41 bits per heavy atom. The number of hydrogen-bond donors (Lipinski definition) is 1. The fraction of sp³-hybridized carbons (Fsp3) is 0.364. The maximum absolute atomic E-state index is 12.0. The molecule has 0 atom stereocenters. The predicted molar refractivity (Wildman–Crippen MR) is 65.6 cm³/mol. The molecule has 6 heteroatoms. The van der Waals surface area contributed by atoms with Gasteiger partial charge in [-0.3, -0.25) is 9.59 Å². The van der Waals surface area contributed by atoms with Crippen molar-refractivity contribution in [1.29, 1.82) is 0 Å². The van der Waals surface area contributed by atoms with E-state index in [9.17, 15) is 9.59 Å². The van der Waals surface area contributed by atoms with Crippen LogP contribution in [0, 0.1) is 0 Å². The number of thiophene rings is 1. The van der Waals surface area contributed by atoms with Gasteiger partial charge in [0.1, 0.15) is 5.71 Å². The van der Waals surface area contributed by atoms with Gasteiger partial charge in [0.25, 0.3) is 5.91 Å². The summed E-state index contributed by atoms with van der Waals surface area (Å²) in [5.41, 5.74) is 3.85. The zero-order valence-corrected chi connectivity index (χ0v) is 10.3. The number of hydrazone groups is 1. The number of rotatable bonds is 3. The summed E-state index contributed by atoms with van der Waals surface area (Å²) in [6.07, 6.45) is 0.746.